The maximum absolute atomic E-state index is 5.57. The van der Waals surface area contributed by atoms with Crippen LogP contribution in [0.3, 0.4) is 0 Å². The second-order valence-electron chi connectivity index (χ2n) is 5.76. The summed E-state index contributed by atoms with van der Waals surface area (Å²) in [5, 5.41) is 3.68. The first kappa shape index (κ1) is 16.9. The lowest BCUT2D eigenvalue weighted by molar-refractivity contribution is 0.0643. The summed E-state index contributed by atoms with van der Waals surface area (Å²) in [5.74, 6) is 1.80. The summed E-state index contributed by atoms with van der Waals surface area (Å²) in [6.07, 6.45) is 8.02. The molecule has 1 N–H and O–H groups in total. The Morgan fingerprint density at radius 3 is 2.63 bits per heavy atom. The Kier molecular flexibility index (Phi) is 9.48. The average Bonchev–Trinajstić information content (AvgIpc) is 2.44. The Labute approximate surface area is 119 Å². The quantitative estimate of drug-likeness (QED) is 0.619. The maximum Gasteiger partial charge on any atom is 0.0700 e. The molecule has 3 unspecified atom stereocenters. The van der Waals surface area contributed by atoms with Crippen LogP contribution in [0.2, 0.25) is 0 Å². The predicted octanol–water partition coefficient (Wildman–Crippen LogP) is 3.23. The molecule has 0 heterocycles. The molecule has 0 bridgehead atoms. The topological polar surface area (TPSA) is 30.5 Å². The third-order valence-electron chi connectivity index (χ3n) is 4.43. The van der Waals surface area contributed by atoms with Crippen molar-refractivity contribution >= 4 is 0 Å². The van der Waals surface area contributed by atoms with Gasteiger partial charge in [-0.25, -0.2) is 0 Å². The van der Waals surface area contributed by atoms with Crippen LogP contribution in [0.4, 0.5) is 0 Å². The minimum atomic E-state index is 0.710. The van der Waals surface area contributed by atoms with Gasteiger partial charge in [-0.15, -0.1) is 0 Å². The molecule has 1 aliphatic carbocycles. The molecule has 0 aromatic rings. The van der Waals surface area contributed by atoms with Gasteiger partial charge in [0.05, 0.1) is 13.2 Å². The van der Waals surface area contributed by atoms with Crippen LogP contribution >= 0.6 is 0 Å². The highest BCUT2D eigenvalue weighted by atomic mass is 16.5. The van der Waals surface area contributed by atoms with Crippen molar-refractivity contribution in [3.8, 4) is 0 Å². The van der Waals surface area contributed by atoms with Gasteiger partial charge in [-0.05, 0) is 50.5 Å². The van der Waals surface area contributed by atoms with Crippen molar-refractivity contribution in [1.29, 1.82) is 0 Å². The summed E-state index contributed by atoms with van der Waals surface area (Å²) in [6, 6.07) is 0.742. The molecule has 1 rings (SSSR count). The molecular formula is C16H33NO2. The Hall–Kier alpha value is -0.120. The molecule has 1 aliphatic rings. The molecule has 1 saturated carbocycles. The molecule has 3 heteroatoms. The van der Waals surface area contributed by atoms with E-state index in [9.17, 15) is 0 Å². The van der Waals surface area contributed by atoms with Crippen molar-refractivity contribution in [3.05, 3.63) is 0 Å². The van der Waals surface area contributed by atoms with Crippen LogP contribution in [0.1, 0.15) is 52.4 Å². The first-order valence-electron chi connectivity index (χ1n) is 8.11. The molecule has 3 nitrogen and oxygen atoms in total. The van der Waals surface area contributed by atoms with Crippen LogP contribution in [0.15, 0.2) is 0 Å². The second-order valence-corrected chi connectivity index (χ2v) is 5.76. The second kappa shape index (κ2) is 10.6. The van der Waals surface area contributed by atoms with Crippen LogP contribution in [0.5, 0.6) is 0 Å². The van der Waals surface area contributed by atoms with E-state index in [0.717, 1.165) is 37.6 Å². The van der Waals surface area contributed by atoms with Crippen molar-refractivity contribution in [3.63, 3.8) is 0 Å². The van der Waals surface area contributed by atoms with Gasteiger partial charge in [0, 0.05) is 19.8 Å². The lowest BCUT2D eigenvalue weighted by atomic mass is 9.75. The zero-order valence-corrected chi connectivity index (χ0v) is 13.1. The lowest BCUT2D eigenvalue weighted by Crippen LogP contribution is -2.40. The maximum atomic E-state index is 5.57. The number of ether oxygens (including phenoxy) is 2. The lowest BCUT2D eigenvalue weighted by Gasteiger charge is -2.36. The number of nitrogens with one attached hydrogen (secondary N) is 1. The molecule has 0 saturated heterocycles. The monoisotopic (exact) mass is 271 g/mol. The highest BCUT2D eigenvalue weighted by molar-refractivity contribution is 4.84. The van der Waals surface area contributed by atoms with Crippen LogP contribution in [-0.2, 0) is 9.47 Å². The van der Waals surface area contributed by atoms with Crippen LogP contribution in [0, 0.1) is 11.8 Å². The Morgan fingerprint density at radius 2 is 1.95 bits per heavy atom. The highest BCUT2D eigenvalue weighted by Gasteiger charge is 2.28. The normalized spacial score (nSPS) is 27.6. The standard InChI is InChI=1S/C16H33NO2/c1-4-14-8-9-16(17-5-2)15(13-14)7-6-10-19-12-11-18-3/h14-17H,4-13H2,1-3H3. The summed E-state index contributed by atoms with van der Waals surface area (Å²) < 4.78 is 10.5. The van der Waals surface area contributed by atoms with E-state index < -0.39 is 0 Å². The van der Waals surface area contributed by atoms with Gasteiger partial charge in [0.15, 0.2) is 0 Å². The fourth-order valence-corrected chi connectivity index (χ4v) is 3.27. The van der Waals surface area contributed by atoms with E-state index in [1.165, 1.54) is 38.5 Å². The molecule has 0 aromatic heterocycles. The Balaban J connectivity index is 2.21. The SMILES string of the molecule is CCNC1CCC(CC)CC1CCCOCCOC. The molecule has 19 heavy (non-hydrogen) atoms. The highest BCUT2D eigenvalue weighted by Crippen LogP contribution is 2.33. The number of rotatable bonds is 10. The van der Waals surface area contributed by atoms with Crippen molar-refractivity contribution in [2.75, 3.05) is 33.5 Å². The van der Waals surface area contributed by atoms with E-state index in [4.69, 9.17) is 9.47 Å². The van der Waals surface area contributed by atoms with Gasteiger partial charge in [-0.1, -0.05) is 20.3 Å². The van der Waals surface area contributed by atoms with Crippen LogP contribution in [-0.4, -0.2) is 39.5 Å². The molecule has 0 radical (unpaired) electrons. The third kappa shape index (κ3) is 6.73. The van der Waals surface area contributed by atoms with E-state index in [1.807, 2.05) is 0 Å². The number of hydrogen-bond acceptors (Lipinski definition) is 3. The van der Waals surface area contributed by atoms with E-state index in [0.29, 0.717) is 6.61 Å². The predicted molar refractivity (Wildman–Crippen MR) is 80.5 cm³/mol. The van der Waals surface area contributed by atoms with Crippen molar-refractivity contribution < 1.29 is 9.47 Å². The summed E-state index contributed by atoms with van der Waals surface area (Å²) in [7, 11) is 1.72. The average molecular weight is 271 g/mol. The molecule has 0 aromatic carbocycles. The van der Waals surface area contributed by atoms with Crippen LogP contribution < -0.4 is 5.32 Å². The minimum absolute atomic E-state index is 0.710. The Bertz CT molecular complexity index is 211. The minimum Gasteiger partial charge on any atom is -0.382 e. The Morgan fingerprint density at radius 1 is 1.11 bits per heavy atom. The van der Waals surface area contributed by atoms with Gasteiger partial charge in [-0.2, -0.15) is 0 Å². The number of methoxy groups -OCH3 is 1. The van der Waals surface area contributed by atoms with Gasteiger partial charge in [0.2, 0.25) is 0 Å². The summed E-state index contributed by atoms with van der Waals surface area (Å²) in [4.78, 5) is 0. The zero-order chi connectivity index (χ0) is 13.9. The van der Waals surface area contributed by atoms with Crippen molar-refractivity contribution in [1.82, 2.24) is 5.32 Å². The van der Waals surface area contributed by atoms with Crippen molar-refractivity contribution in [2.24, 2.45) is 11.8 Å². The molecular weight excluding hydrogens is 238 g/mol. The third-order valence-corrected chi connectivity index (χ3v) is 4.43. The largest absolute Gasteiger partial charge is 0.382 e. The summed E-state index contributed by atoms with van der Waals surface area (Å²) in [6.45, 7) is 7.98. The number of hydrogen-bond donors (Lipinski definition) is 1. The van der Waals surface area contributed by atoms with Gasteiger partial charge in [-0.3, -0.25) is 0 Å². The molecule has 1 fully saturated rings. The van der Waals surface area contributed by atoms with Gasteiger partial charge < -0.3 is 14.8 Å². The van der Waals surface area contributed by atoms with Gasteiger partial charge in [0.25, 0.3) is 0 Å². The molecule has 0 spiro atoms. The van der Waals surface area contributed by atoms with Gasteiger partial charge in [0.1, 0.15) is 0 Å². The fourth-order valence-electron chi connectivity index (χ4n) is 3.27. The fraction of sp³-hybridized carbons (Fsp3) is 1.00. The first-order chi connectivity index (χ1) is 9.31. The zero-order valence-electron chi connectivity index (χ0n) is 13.1. The van der Waals surface area contributed by atoms with Crippen LogP contribution in [0.25, 0.3) is 0 Å². The van der Waals surface area contributed by atoms with E-state index in [2.05, 4.69) is 19.2 Å². The van der Waals surface area contributed by atoms with E-state index in [-0.39, 0.29) is 0 Å². The summed E-state index contributed by atoms with van der Waals surface area (Å²) >= 11 is 0. The van der Waals surface area contributed by atoms with E-state index >= 15 is 0 Å². The van der Waals surface area contributed by atoms with Crippen molar-refractivity contribution in [2.45, 2.75) is 58.4 Å². The van der Waals surface area contributed by atoms with Gasteiger partial charge >= 0.3 is 0 Å². The first-order valence-corrected chi connectivity index (χ1v) is 8.11. The molecule has 114 valence electrons. The van der Waals surface area contributed by atoms with E-state index in [1.54, 1.807) is 7.11 Å². The molecule has 0 aliphatic heterocycles. The summed E-state index contributed by atoms with van der Waals surface area (Å²) in [5.41, 5.74) is 0. The molecule has 0 amide bonds. The smallest absolute Gasteiger partial charge is 0.0700 e. The molecule has 3 atom stereocenters.